The van der Waals surface area contributed by atoms with E-state index in [-0.39, 0.29) is 18.0 Å². The van der Waals surface area contributed by atoms with Crippen molar-refractivity contribution in [3.63, 3.8) is 0 Å². The summed E-state index contributed by atoms with van der Waals surface area (Å²) in [4.78, 5) is 27.5. The molecule has 1 aliphatic rings. The Labute approximate surface area is 125 Å². The first-order valence-corrected chi connectivity index (χ1v) is 7.31. The Morgan fingerprint density at radius 2 is 1.90 bits per heavy atom. The van der Waals surface area contributed by atoms with E-state index in [0.29, 0.717) is 18.7 Å². The predicted octanol–water partition coefficient (Wildman–Crippen LogP) is 1.87. The van der Waals surface area contributed by atoms with Crippen molar-refractivity contribution in [1.82, 2.24) is 15.1 Å². The standard InChI is InChI=1S/C16H23N3O2/c1-12-5-4-6-13(11-12)15(20)17-14-7-9-19(10-8-14)16(21)18(2)3/h4-6,11,14H,7-10H2,1-3H3,(H,17,20). The van der Waals surface area contributed by atoms with Gasteiger partial charge in [0.2, 0.25) is 0 Å². The molecule has 1 aliphatic heterocycles. The Morgan fingerprint density at radius 3 is 2.48 bits per heavy atom. The van der Waals surface area contributed by atoms with E-state index in [0.717, 1.165) is 18.4 Å². The molecule has 0 saturated carbocycles. The van der Waals surface area contributed by atoms with Crippen molar-refractivity contribution >= 4 is 11.9 Å². The van der Waals surface area contributed by atoms with Crippen LogP contribution in [-0.4, -0.2) is 55.0 Å². The average molecular weight is 289 g/mol. The van der Waals surface area contributed by atoms with Crippen LogP contribution in [0.15, 0.2) is 24.3 Å². The van der Waals surface area contributed by atoms with Gasteiger partial charge >= 0.3 is 6.03 Å². The molecule has 3 amide bonds. The van der Waals surface area contributed by atoms with Gasteiger partial charge in [0.15, 0.2) is 0 Å². The van der Waals surface area contributed by atoms with Crippen LogP contribution >= 0.6 is 0 Å². The second-order valence-electron chi connectivity index (χ2n) is 5.78. The average Bonchev–Trinajstić information content (AvgIpc) is 2.47. The van der Waals surface area contributed by atoms with Crippen LogP contribution in [0.4, 0.5) is 4.79 Å². The highest BCUT2D eigenvalue weighted by Gasteiger charge is 2.24. The molecule has 1 aromatic carbocycles. The number of urea groups is 1. The highest BCUT2D eigenvalue weighted by Crippen LogP contribution is 2.13. The van der Waals surface area contributed by atoms with Crippen LogP contribution in [0.2, 0.25) is 0 Å². The number of rotatable bonds is 2. The molecule has 0 bridgehead atoms. The number of benzene rings is 1. The number of piperidine rings is 1. The molecule has 0 unspecified atom stereocenters. The molecule has 0 spiro atoms. The van der Waals surface area contributed by atoms with Gasteiger partial charge in [-0.25, -0.2) is 4.79 Å². The van der Waals surface area contributed by atoms with Gasteiger partial charge in [-0.1, -0.05) is 17.7 Å². The van der Waals surface area contributed by atoms with Crippen molar-refractivity contribution < 1.29 is 9.59 Å². The Kier molecular flexibility index (Phi) is 4.83. The summed E-state index contributed by atoms with van der Waals surface area (Å²) in [5, 5.41) is 3.06. The number of hydrogen-bond acceptors (Lipinski definition) is 2. The maximum atomic E-state index is 12.2. The van der Waals surface area contributed by atoms with Crippen LogP contribution in [0.5, 0.6) is 0 Å². The number of aryl methyl sites for hydroxylation is 1. The predicted molar refractivity (Wildman–Crippen MR) is 82.3 cm³/mol. The lowest BCUT2D eigenvalue weighted by atomic mass is 10.0. The molecule has 5 heteroatoms. The molecule has 0 radical (unpaired) electrons. The molecule has 1 heterocycles. The van der Waals surface area contributed by atoms with E-state index in [2.05, 4.69) is 5.32 Å². The van der Waals surface area contributed by atoms with Gasteiger partial charge in [-0.15, -0.1) is 0 Å². The van der Waals surface area contributed by atoms with Gasteiger partial charge in [0, 0.05) is 38.8 Å². The van der Waals surface area contributed by atoms with Gasteiger partial charge < -0.3 is 15.1 Å². The molecular formula is C16H23N3O2. The summed E-state index contributed by atoms with van der Waals surface area (Å²) >= 11 is 0. The van der Waals surface area contributed by atoms with Gasteiger partial charge in [-0.2, -0.15) is 0 Å². The first kappa shape index (κ1) is 15.4. The number of carbonyl (C=O) groups excluding carboxylic acids is 2. The first-order valence-electron chi connectivity index (χ1n) is 7.31. The Balaban J connectivity index is 1.86. The molecule has 5 nitrogen and oxygen atoms in total. The Hall–Kier alpha value is -2.04. The zero-order valence-electron chi connectivity index (χ0n) is 12.9. The minimum Gasteiger partial charge on any atom is -0.349 e. The summed E-state index contributed by atoms with van der Waals surface area (Å²) in [7, 11) is 3.52. The van der Waals surface area contributed by atoms with Crippen molar-refractivity contribution in [2.45, 2.75) is 25.8 Å². The minimum absolute atomic E-state index is 0.0314. The lowest BCUT2D eigenvalue weighted by molar-refractivity contribution is 0.0914. The molecule has 1 aromatic rings. The van der Waals surface area contributed by atoms with Crippen molar-refractivity contribution in [2.24, 2.45) is 0 Å². The normalized spacial score (nSPS) is 15.7. The third-order valence-electron chi connectivity index (χ3n) is 3.76. The Morgan fingerprint density at radius 1 is 1.24 bits per heavy atom. The molecule has 21 heavy (non-hydrogen) atoms. The van der Waals surface area contributed by atoms with E-state index >= 15 is 0 Å². The monoisotopic (exact) mass is 289 g/mol. The van der Waals surface area contributed by atoms with E-state index in [9.17, 15) is 9.59 Å². The summed E-state index contributed by atoms with van der Waals surface area (Å²) < 4.78 is 0. The van der Waals surface area contributed by atoms with Crippen LogP contribution < -0.4 is 5.32 Å². The minimum atomic E-state index is -0.0314. The lowest BCUT2D eigenvalue weighted by Crippen LogP contribution is -2.49. The van der Waals surface area contributed by atoms with E-state index < -0.39 is 0 Å². The van der Waals surface area contributed by atoms with Gasteiger partial charge in [0.1, 0.15) is 0 Å². The molecule has 114 valence electrons. The van der Waals surface area contributed by atoms with Crippen molar-refractivity contribution in [1.29, 1.82) is 0 Å². The molecular weight excluding hydrogens is 266 g/mol. The van der Waals surface area contributed by atoms with Crippen LogP contribution in [0, 0.1) is 6.92 Å². The van der Waals surface area contributed by atoms with E-state index in [4.69, 9.17) is 0 Å². The van der Waals surface area contributed by atoms with E-state index in [1.807, 2.05) is 36.1 Å². The SMILES string of the molecule is Cc1cccc(C(=O)NC2CCN(C(=O)N(C)C)CC2)c1. The number of nitrogens with one attached hydrogen (secondary N) is 1. The van der Waals surface area contributed by atoms with Gasteiger partial charge in [0.25, 0.3) is 5.91 Å². The maximum Gasteiger partial charge on any atom is 0.319 e. The van der Waals surface area contributed by atoms with E-state index in [1.54, 1.807) is 19.0 Å². The number of hydrogen-bond donors (Lipinski definition) is 1. The molecule has 0 aromatic heterocycles. The fourth-order valence-electron chi connectivity index (χ4n) is 2.55. The maximum absolute atomic E-state index is 12.2. The summed E-state index contributed by atoms with van der Waals surface area (Å²) in [5.41, 5.74) is 1.77. The summed E-state index contributed by atoms with van der Waals surface area (Å²) in [6.07, 6.45) is 1.61. The number of nitrogens with zero attached hydrogens (tertiary/aromatic N) is 2. The first-order chi connectivity index (χ1) is 9.97. The third-order valence-corrected chi connectivity index (χ3v) is 3.76. The second-order valence-corrected chi connectivity index (χ2v) is 5.78. The van der Waals surface area contributed by atoms with Crippen molar-refractivity contribution in [3.8, 4) is 0 Å². The van der Waals surface area contributed by atoms with Crippen LogP contribution in [0.3, 0.4) is 0 Å². The topological polar surface area (TPSA) is 52.7 Å². The summed E-state index contributed by atoms with van der Waals surface area (Å²) in [5.74, 6) is -0.0314. The zero-order chi connectivity index (χ0) is 15.4. The number of amides is 3. The number of carbonyl (C=O) groups is 2. The van der Waals surface area contributed by atoms with Crippen LogP contribution in [-0.2, 0) is 0 Å². The fraction of sp³-hybridized carbons (Fsp3) is 0.500. The van der Waals surface area contributed by atoms with Crippen molar-refractivity contribution in [2.75, 3.05) is 27.2 Å². The second kappa shape index (κ2) is 6.61. The van der Waals surface area contributed by atoms with Crippen LogP contribution in [0.1, 0.15) is 28.8 Å². The highest BCUT2D eigenvalue weighted by atomic mass is 16.2. The molecule has 1 saturated heterocycles. The molecule has 1 N–H and O–H groups in total. The van der Waals surface area contributed by atoms with Gasteiger partial charge in [0.05, 0.1) is 0 Å². The summed E-state index contributed by atoms with van der Waals surface area (Å²) in [6, 6.07) is 7.76. The molecule has 0 atom stereocenters. The molecule has 2 rings (SSSR count). The lowest BCUT2D eigenvalue weighted by Gasteiger charge is -2.33. The van der Waals surface area contributed by atoms with Gasteiger partial charge in [-0.3, -0.25) is 4.79 Å². The van der Waals surface area contributed by atoms with Crippen LogP contribution in [0.25, 0.3) is 0 Å². The molecule has 0 aliphatic carbocycles. The Bertz CT molecular complexity index is 520. The summed E-state index contributed by atoms with van der Waals surface area (Å²) in [6.45, 7) is 3.35. The van der Waals surface area contributed by atoms with Crippen molar-refractivity contribution in [3.05, 3.63) is 35.4 Å². The smallest absolute Gasteiger partial charge is 0.319 e. The molecule has 1 fully saturated rings. The number of likely N-dealkylation sites (tertiary alicyclic amines) is 1. The quantitative estimate of drug-likeness (QED) is 0.903. The van der Waals surface area contributed by atoms with Gasteiger partial charge in [-0.05, 0) is 31.9 Å². The fourth-order valence-corrected chi connectivity index (χ4v) is 2.55. The van der Waals surface area contributed by atoms with E-state index in [1.165, 1.54) is 0 Å². The highest BCUT2D eigenvalue weighted by molar-refractivity contribution is 5.94. The third kappa shape index (κ3) is 3.97. The zero-order valence-corrected chi connectivity index (χ0v) is 12.9. The largest absolute Gasteiger partial charge is 0.349 e.